The second-order valence-corrected chi connectivity index (χ2v) is 9.70. The summed E-state index contributed by atoms with van der Waals surface area (Å²) in [5.41, 5.74) is 1.76. The highest BCUT2D eigenvalue weighted by molar-refractivity contribution is 8.00. The van der Waals surface area contributed by atoms with Crippen LogP contribution in [-0.2, 0) is 6.54 Å². The van der Waals surface area contributed by atoms with Gasteiger partial charge in [-0.25, -0.2) is 4.98 Å². The number of carbonyl (C=O) groups is 1. The van der Waals surface area contributed by atoms with Gasteiger partial charge in [0.1, 0.15) is 0 Å². The molecule has 3 rings (SSSR count). The maximum atomic E-state index is 12.7. The van der Waals surface area contributed by atoms with Gasteiger partial charge in [0.05, 0.1) is 11.3 Å². The summed E-state index contributed by atoms with van der Waals surface area (Å²) in [5, 5.41) is 6.14. The van der Waals surface area contributed by atoms with E-state index in [1.165, 1.54) is 24.2 Å². The quantitative estimate of drug-likeness (QED) is 0.696. The van der Waals surface area contributed by atoms with Crippen LogP contribution < -0.4 is 5.32 Å². The number of piperidine rings is 1. The van der Waals surface area contributed by atoms with Crippen LogP contribution in [0.15, 0.2) is 34.5 Å². The van der Waals surface area contributed by atoms with Crippen LogP contribution in [0.25, 0.3) is 0 Å². The van der Waals surface area contributed by atoms with Gasteiger partial charge in [-0.3, -0.25) is 15.0 Å². The number of hydrogen-bond acceptors (Lipinski definition) is 5. The summed E-state index contributed by atoms with van der Waals surface area (Å²) in [7, 11) is 0. The minimum atomic E-state index is -0.0820. The Morgan fingerprint density at radius 3 is 2.81 bits per heavy atom. The molecule has 26 heavy (non-hydrogen) atoms. The number of nitrogens with zero attached hydrogens (tertiary/aromatic N) is 2. The lowest BCUT2D eigenvalue weighted by Gasteiger charge is -2.29. The van der Waals surface area contributed by atoms with E-state index in [9.17, 15) is 4.79 Å². The number of hydrogen-bond donors (Lipinski definition) is 1. The Bertz CT molecular complexity index is 736. The molecule has 0 aliphatic carbocycles. The molecule has 0 saturated carbocycles. The molecular weight excluding hydrogens is 362 g/mol. The Kier molecular flexibility index (Phi) is 6.73. The lowest BCUT2D eigenvalue weighted by molar-refractivity contribution is 0.102. The molecule has 2 aromatic rings. The number of benzene rings is 1. The van der Waals surface area contributed by atoms with Crippen LogP contribution >= 0.6 is 23.1 Å². The lowest BCUT2D eigenvalue weighted by atomic mass is 9.99. The van der Waals surface area contributed by atoms with Crippen molar-refractivity contribution in [3.8, 4) is 0 Å². The Labute approximate surface area is 164 Å². The van der Waals surface area contributed by atoms with Crippen LogP contribution in [-0.4, -0.2) is 34.1 Å². The zero-order valence-corrected chi connectivity index (χ0v) is 17.3. The molecule has 1 aliphatic heterocycles. The van der Waals surface area contributed by atoms with Crippen LogP contribution in [0.4, 0.5) is 5.13 Å². The second-order valence-electron chi connectivity index (χ2n) is 7.22. The first-order valence-electron chi connectivity index (χ1n) is 9.25. The van der Waals surface area contributed by atoms with Crippen molar-refractivity contribution in [1.29, 1.82) is 0 Å². The number of nitrogens with one attached hydrogen (secondary N) is 1. The molecule has 1 N–H and O–H groups in total. The average Bonchev–Trinajstić information content (AvgIpc) is 3.04. The first-order valence-corrected chi connectivity index (χ1v) is 11.0. The first kappa shape index (κ1) is 19.4. The monoisotopic (exact) mass is 389 g/mol. The van der Waals surface area contributed by atoms with Crippen LogP contribution in [0.3, 0.4) is 0 Å². The number of anilines is 1. The van der Waals surface area contributed by atoms with Gasteiger partial charge in [-0.1, -0.05) is 32.9 Å². The fourth-order valence-electron chi connectivity index (χ4n) is 3.06. The van der Waals surface area contributed by atoms with Gasteiger partial charge in [0.2, 0.25) is 0 Å². The molecule has 6 heteroatoms. The molecule has 1 fully saturated rings. The van der Waals surface area contributed by atoms with Gasteiger partial charge in [0.25, 0.3) is 5.91 Å². The molecule has 0 bridgehead atoms. The number of thiazole rings is 1. The van der Waals surface area contributed by atoms with Gasteiger partial charge in [-0.2, -0.15) is 0 Å². The summed E-state index contributed by atoms with van der Waals surface area (Å²) < 4.78 is 0. The SMILES string of the molecule is CC1CCN(Cc2csc(NC(=O)c3ccccc3SC(C)C)n2)CC1. The third-order valence-electron chi connectivity index (χ3n) is 4.53. The predicted molar refractivity (Wildman–Crippen MR) is 111 cm³/mol. The van der Waals surface area contributed by atoms with Gasteiger partial charge in [0.15, 0.2) is 5.13 Å². The van der Waals surface area contributed by atoms with Crippen molar-refractivity contribution in [1.82, 2.24) is 9.88 Å². The molecule has 0 spiro atoms. The molecule has 0 atom stereocenters. The maximum absolute atomic E-state index is 12.7. The van der Waals surface area contributed by atoms with Gasteiger partial charge >= 0.3 is 0 Å². The zero-order valence-electron chi connectivity index (χ0n) is 15.7. The van der Waals surface area contributed by atoms with Crippen molar-refractivity contribution in [2.45, 2.75) is 50.3 Å². The van der Waals surface area contributed by atoms with E-state index in [0.29, 0.717) is 15.9 Å². The molecular formula is C20H27N3OS2. The van der Waals surface area contributed by atoms with Crippen molar-refractivity contribution in [3.05, 3.63) is 40.9 Å². The van der Waals surface area contributed by atoms with Gasteiger partial charge < -0.3 is 0 Å². The Hall–Kier alpha value is -1.37. The van der Waals surface area contributed by atoms with Gasteiger partial charge in [0, 0.05) is 22.1 Å². The van der Waals surface area contributed by atoms with E-state index in [4.69, 9.17) is 0 Å². The molecule has 1 aliphatic rings. The molecule has 2 heterocycles. The highest BCUT2D eigenvalue weighted by atomic mass is 32.2. The number of amides is 1. The summed E-state index contributed by atoms with van der Waals surface area (Å²) in [6.45, 7) is 9.74. The van der Waals surface area contributed by atoms with Crippen LogP contribution in [0.2, 0.25) is 0 Å². The average molecular weight is 390 g/mol. The van der Waals surface area contributed by atoms with Crippen molar-refractivity contribution in [3.63, 3.8) is 0 Å². The summed E-state index contributed by atoms with van der Waals surface area (Å²) in [6, 6.07) is 7.76. The zero-order chi connectivity index (χ0) is 18.5. The van der Waals surface area contributed by atoms with Gasteiger partial charge in [-0.05, 0) is 44.0 Å². The third kappa shape index (κ3) is 5.32. The summed E-state index contributed by atoms with van der Waals surface area (Å²) in [5.74, 6) is 0.752. The fourth-order valence-corrected chi connectivity index (χ4v) is 4.71. The van der Waals surface area contributed by atoms with Gasteiger partial charge in [-0.15, -0.1) is 23.1 Å². The molecule has 0 radical (unpaired) electrons. The Morgan fingerprint density at radius 2 is 2.08 bits per heavy atom. The normalized spacial score (nSPS) is 16.2. The van der Waals surface area contributed by atoms with E-state index in [1.54, 1.807) is 11.8 Å². The second kappa shape index (κ2) is 9.02. The summed E-state index contributed by atoms with van der Waals surface area (Å²) in [4.78, 5) is 20.8. The van der Waals surface area contributed by atoms with Crippen molar-refractivity contribution < 1.29 is 4.79 Å². The molecule has 4 nitrogen and oxygen atoms in total. The van der Waals surface area contributed by atoms with Crippen molar-refractivity contribution in [2.75, 3.05) is 18.4 Å². The number of likely N-dealkylation sites (tertiary alicyclic amines) is 1. The highest BCUT2D eigenvalue weighted by Gasteiger charge is 2.18. The van der Waals surface area contributed by atoms with E-state index in [0.717, 1.165) is 36.1 Å². The number of thioether (sulfide) groups is 1. The smallest absolute Gasteiger partial charge is 0.258 e. The number of aromatic nitrogens is 1. The Balaban J connectivity index is 1.61. The first-order chi connectivity index (χ1) is 12.5. The van der Waals surface area contributed by atoms with E-state index < -0.39 is 0 Å². The van der Waals surface area contributed by atoms with Crippen molar-refractivity contribution in [2.24, 2.45) is 5.92 Å². The largest absolute Gasteiger partial charge is 0.298 e. The highest BCUT2D eigenvalue weighted by Crippen LogP contribution is 2.28. The summed E-state index contributed by atoms with van der Waals surface area (Å²) >= 11 is 3.21. The van der Waals surface area contributed by atoms with E-state index >= 15 is 0 Å². The number of rotatable bonds is 6. The lowest BCUT2D eigenvalue weighted by Crippen LogP contribution is -2.32. The van der Waals surface area contributed by atoms with E-state index in [1.807, 2.05) is 24.3 Å². The summed E-state index contributed by atoms with van der Waals surface area (Å²) in [6.07, 6.45) is 2.52. The minimum Gasteiger partial charge on any atom is -0.298 e. The molecule has 1 amide bonds. The van der Waals surface area contributed by atoms with Crippen LogP contribution in [0, 0.1) is 5.92 Å². The standard InChI is InChI=1S/C20H27N3OS2/c1-14(2)26-18-7-5-4-6-17(18)19(24)22-20-21-16(13-25-20)12-23-10-8-15(3)9-11-23/h4-7,13-15H,8-12H2,1-3H3,(H,21,22,24). The van der Waals surface area contributed by atoms with Crippen molar-refractivity contribution >= 4 is 34.1 Å². The molecule has 140 valence electrons. The number of carbonyl (C=O) groups excluding carboxylic acids is 1. The fraction of sp³-hybridized carbons (Fsp3) is 0.500. The minimum absolute atomic E-state index is 0.0820. The molecule has 1 aromatic carbocycles. The van der Waals surface area contributed by atoms with E-state index in [2.05, 4.69) is 41.4 Å². The maximum Gasteiger partial charge on any atom is 0.258 e. The van der Waals surface area contributed by atoms with Crippen LogP contribution in [0.1, 0.15) is 49.7 Å². The molecule has 1 aromatic heterocycles. The Morgan fingerprint density at radius 1 is 1.35 bits per heavy atom. The molecule has 0 unspecified atom stereocenters. The predicted octanol–water partition coefficient (Wildman–Crippen LogP) is 5.13. The third-order valence-corrected chi connectivity index (χ3v) is 6.42. The van der Waals surface area contributed by atoms with E-state index in [-0.39, 0.29) is 5.91 Å². The topological polar surface area (TPSA) is 45.2 Å². The molecule has 1 saturated heterocycles. The van der Waals surface area contributed by atoms with Crippen LogP contribution in [0.5, 0.6) is 0 Å².